The Bertz CT molecular complexity index is 762. The fourth-order valence-corrected chi connectivity index (χ4v) is 4.30. The van der Waals surface area contributed by atoms with E-state index in [4.69, 9.17) is 4.52 Å². The molecule has 2 aromatic rings. The summed E-state index contributed by atoms with van der Waals surface area (Å²) >= 11 is 0. The quantitative estimate of drug-likeness (QED) is 0.852. The van der Waals surface area contributed by atoms with Gasteiger partial charge in [-0.25, -0.2) is 0 Å². The number of carbonyl (C=O) groups is 1. The van der Waals surface area contributed by atoms with Gasteiger partial charge in [-0.1, -0.05) is 11.6 Å². The van der Waals surface area contributed by atoms with E-state index in [1.165, 1.54) is 6.42 Å². The van der Waals surface area contributed by atoms with Crippen molar-refractivity contribution in [1.29, 1.82) is 0 Å². The summed E-state index contributed by atoms with van der Waals surface area (Å²) in [5.41, 5.74) is 1.67. The maximum atomic E-state index is 12.9. The minimum atomic E-state index is -0.139. The number of aromatic nitrogens is 3. The highest BCUT2D eigenvalue weighted by molar-refractivity contribution is 5.95. The Hall–Kier alpha value is -2.11. The molecule has 1 saturated heterocycles. The number of fused-ring (bicyclic) bond motifs is 1. The zero-order valence-corrected chi connectivity index (χ0v) is 13.9. The topological polar surface area (TPSA) is 64.2 Å². The standard InChI is InChI=1S/C17H22N4O2/c1-11-14(6-8-20(11)3)15(22)21-9-13-5-4-7-17(13,10-21)16-18-12(2)19-23-16/h6,8,13H,4-5,7,9-10H2,1-3H3/t13-,17-/m0/s1. The highest BCUT2D eigenvalue weighted by atomic mass is 16.5. The highest BCUT2D eigenvalue weighted by Crippen LogP contribution is 2.50. The van der Waals surface area contributed by atoms with Crippen molar-refractivity contribution in [3.05, 3.63) is 35.2 Å². The maximum absolute atomic E-state index is 12.9. The molecule has 4 rings (SSSR count). The first-order valence-electron chi connectivity index (χ1n) is 8.23. The molecule has 1 amide bonds. The van der Waals surface area contributed by atoms with Gasteiger partial charge < -0.3 is 14.0 Å². The van der Waals surface area contributed by atoms with Crippen molar-refractivity contribution in [2.45, 2.75) is 38.5 Å². The zero-order valence-electron chi connectivity index (χ0n) is 13.9. The largest absolute Gasteiger partial charge is 0.354 e. The first-order chi connectivity index (χ1) is 11.0. The van der Waals surface area contributed by atoms with Crippen LogP contribution < -0.4 is 0 Å². The molecule has 2 aromatic heterocycles. The third kappa shape index (κ3) is 2.04. The van der Waals surface area contributed by atoms with E-state index in [-0.39, 0.29) is 11.3 Å². The molecule has 0 N–H and O–H groups in total. The van der Waals surface area contributed by atoms with Crippen LogP contribution in [0.1, 0.15) is 47.0 Å². The molecule has 23 heavy (non-hydrogen) atoms. The van der Waals surface area contributed by atoms with Crippen LogP contribution in [-0.4, -0.2) is 38.6 Å². The third-order valence-corrected chi connectivity index (χ3v) is 5.73. The van der Waals surface area contributed by atoms with Gasteiger partial charge in [-0.05, 0) is 38.7 Å². The molecule has 2 atom stereocenters. The van der Waals surface area contributed by atoms with Crippen molar-refractivity contribution in [1.82, 2.24) is 19.6 Å². The lowest BCUT2D eigenvalue weighted by molar-refractivity contribution is 0.0774. The molecule has 0 unspecified atom stereocenters. The van der Waals surface area contributed by atoms with Crippen LogP contribution in [0, 0.1) is 19.8 Å². The van der Waals surface area contributed by atoms with Crippen molar-refractivity contribution in [3.8, 4) is 0 Å². The van der Waals surface area contributed by atoms with E-state index in [2.05, 4.69) is 10.1 Å². The van der Waals surface area contributed by atoms with Gasteiger partial charge >= 0.3 is 0 Å². The van der Waals surface area contributed by atoms with Crippen LogP contribution in [0.5, 0.6) is 0 Å². The summed E-state index contributed by atoms with van der Waals surface area (Å²) in [6, 6.07) is 1.91. The summed E-state index contributed by atoms with van der Waals surface area (Å²) in [6.07, 6.45) is 5.25. The maximum Gasteiger partial charge on any atom is 0.255 e. The molecule has 2 fully saturated rings. The van der Waals surface area contributed by atoms with Crippen molar-refractivity contribution in [2.24, 2.45) is 13.0 Å². The van der Waals surface area contributed by atoms with Gasteiger partial charge in [0.2, 0.25) is 5.89 Å². The molecule has 0 radical (unpaired) electrons. The van der Waals surface area contributed by atoms with Gasteiger partial charge in [-0.3, -0.25) is 4.79 Å². The second kappa shape index (κ2) is 4.94. The van der Waals surface area contributed by atoms with Crippen LogP contribution in [0.4, 0.5) is 0 Å². The summed E-state index contributed by atoms with van der Waals surface area (Å²) in [5.74, 6) is 1.93. The van der Waals surface area contributed by atoms with Crippen LogP contribution in [0.2, 0.25) is 0 Å². The second-order valence-electron chi connectivity index (χ2n) is 7.00. The van der Waals surface area contributed by atoms with Gasteiger partial charge in [0.25, 0.3) is 5.91 Å². The number of aryl methyl sites for hydroxylation is 2. The van der Waals surface area contributed by atoms with E-state index in [0.717, 1.165) is 36.5 Å². The van der Waals surface area contributed by atoms with Crippen LogP contribution in [0.25, 0.3) is 0 Å². The van der Waals surface area contributed by atoms with Gasteiger partial charge in [0.15, 0.2) is 5.82 Å². The van der Waals surface area contributed by atoms with Gasteiger partial charge in [0, 0.05) is 32.0 Å². The normalized spacial score (nSPS) is 26.7. The molecule has 6 heteroatoms. The Morgan fingerprint density at radius 3 is 2.91 bits per heavy atom. The lowest BCUT2D eigenvalue weighted by Gasteiger charge is -2.24. The molecule has 3 heterocycles. The fraction of sp³-hybridized carbons (Fsp3) is 0.588. The third-order valence-electron chi connectivity index (χ3n) is 5.73. The Labute approximate surface area is 135 Å². The van der Waals surface area contributed by atoms with Crippen LogP contribution in [0.15, 0.2) is 16.8 Å². The fourth-order valence-electron chi connectivity index (χ4n) is 4.30. The summed E-state index contributed by atoms with van der Waals surface area (Å²) in [7, 11) is 1.97. The number of nitrogens with zero attached hydrogens (tertiary/aromatic N) is 4. The summed E-state index contributed by atoms with van der Waals surface area (Å²) in [4.78, 5) is 19.4. The zero-order chi connectivity index (χ0) is 16.2. The number of hydrogen-bond donors (Lipinski definition) is 0. The van der Waals surface area contributed by atoms with E-state index in [9.17, 15) is 4.79 Å². The summed E-state index contributed by atoms with van der Waals surface area (Å²) in [6.45, 7) is 5.31. The summed E-state index contributed by atoms with van der Waals surface area (Å²) in [5, 5.41) is 3.97. The molecule has 1 saturated carbocycles. The first-order valence-corrected chi connectivity index (χ1v) is 8.23. The number of likely N-dealkylation sites (tertiary alicyclic amines) is 1. The Kier molecular flexibility index (Phi) is 3.11. The lowest BCUT2D eigenvalue weighted by Crippen LogP contribution is -2.35. The molecule has 0 spiro atoms. The van der Waals surface area contributed by atoms with Crippen LogP contribution >= 0.6 is 0 Å². The Morgan fingerprint density at radius 2 is 2.26 bits per heavy atom. The number of amides is 1. The monoisotopic (exact) mass is 314 g/mol. The van der Waals surface area contributed by atoms with Crippen LogP contribution in [-0.2, 0) is 12.5 Å². The van der Waals surface area contributed by atoms with Gasteiger partial charge in [-0.2, -0.15) is 4.98 Å². The van der Waals surface area contributed by atoms with E-state index in [1.54, 1.807) is 0 Å². The molecule has 2 aliphatic rings. The minimum absolute atomic E-state index is 0.119. The van der Waals surface area contributed by atoms with E-state index in [1.807, 2.05) is 42.6 Å². The van der Waals surface area contributed by atoms with E-state index >= 15 is 0 Å². The van der Waals surface area contributed by atoms with Crippen LogP contribution in [0.3, 0.4) is 0 Å². The average molecular weight is 314 g/mol. The van der Waals surface area contributed by atoms with Gasteiger partial charge in [0.05, 0.1) is 11.0 Å². The van der Waals surface area contributed by atoms with Crippen molar-refractivity contribution >= 4 is 5.91 Å². The summed E-state index contributed by atoms with van der Waals surface area (Å²) < 4.78 is 7.50. The average Bonchev–Trinajstić information content (AvgIpc) is 3.23. The van der Waals surface area contributed by atoms with E-state index in [0.29, 0.717) is 18.3 Å². The molecule has 0 bridgehead atoms. The molecular weight excluding hydrogens is 292 g/mol. The molecular formula is C17H22N4O2. The van der Waals surface area contributed by atoms with Crippen molar-refractivity contribution in [2.75, 3.05) is 13.1 Å². The SMILES string of the molecule is Cc1noc([C@]23CCC[C@H]2CN(C(=O)c2ccn(C)c2C)C3)n1. The Balaban J connectivity index is 1.65. The number of rotatable bonds is 2. The Morgan fingerprint density at radius 1 is 1.43 bits per heavy atom. The molecule has 1 aliphatic carbocycles. The molecule has 6 nitrogen and oxygen atoms in total. The van der Waals surface area contributed by atoms with Gasteiger partial charge in [0.1, 0.15) is 0 Å². The molecule has 122 valence electrons. The highest BCUT2D eigenvalue weighted by Gasteiger charge is 2.55. The van der Waals surface area contributed by atoms with Gasteiger partial charge in [-0.15, -0.1) is 0 Å². The van der Waals surface area contributed by atoms with E-state index < -0.39 is 0 Å². The smallest absolute Gasteiger partial charge is 0.255 e. The predicted octanol–water partition coefficient (Wildman–Crippen LogP) is 2.22. The molecule has 1 aliphatic heterocycles. The second-order valence-corrected chi connectivity index (χ2v) is 7.00. The minimum Gasteiger partial charge on any atom is -0.354 e. The lowest BCUT2D eigenvalue weighted by atomic mass is 9.80. The predicted molar refractivity (Wildman–Crippen MR) is 84.1 cm³/mol. The molecule has 0 aromatic carbocycles. The van der Waals surface area contributed by atoms with Crippen molar-refractivity contribution < 1.29 is 9.32 Å². The number of hydrogen-bond acceptors (Lipinski definition) is 4. The first kappa shape index (κ1) is 14.5. The number of carbonyl (C=O) groups excluding carboxylic acids is 1. The van der Waals surface area contributed by atoms with Crippen molar-refractivity contribution in [3.63, 3.8) is 0 Å².